The molecule has 0 bridgehead atoms. The molecule has 8 heteroatoms. The predicted molar refractivity (Wildman–Crippen MR) is 99.0 cm³/mol. The van der Waals surface area contributed by atoms with Crippen molar-refractivity contribution in [2.24, 2.45) is 0 Å². The third-order valence-corrected chi connectivity index (χ3v) is 4.73. The highest BCUT2D eigenvalue weighted by atomic mass is 16.5. The summed E-state index contributed by atoms with van der Waals surface area (Å²) < 4.78 is 4.95. The molecule has 1 aliphatic carbocycles. The van der Waals surface area contributed by atoms with E-state index in [1.807, 2.05) is 18.2 Å². The Balaban J connectivity index is 1.36. The number of carbonyl (C=O) groups excluding carboxylic acids is 1. The first-order valence-corrected chi connectivity index (χ1v) is 8.91. The standard InChI is InChI=1S/C19H20N6O2/c1-12-16(11-22-27-12)18(26)23-14-2-3-15(10-14)24-19-21-9-6-17(25-19)13-4-7-20-8-5-13/h4-9,11,14-15H,2-3,10H2,1H3,(H,23,26)(H,21,24,25)/t14-,15-/m0/s1. The van der Waals surface area contributed by atoms with E-state index in [2.05, 4.69) is 30.7 Å². The predicted octanol–water partition coefficient (Wildman–Crippen LogP) is 2.60. The van der Waals surface area contributed by atoms with Crippen LogP contribution in [0.1, 0.15) is 35.4 Å². The lowest BCUT2D eigenvalue weighted by atomic mass is 10.2. The molecule has 0 aromatic carbocycles. The highest BCUT2D eigenvalue weighted by molar-refractivity contribution is 5.94. The molecule has 8 nitrogen and oxygen atoms in total. The van der Waals surface area contributed by atoms with E-state index in [1.54, 1.807) is 25.5 Å². The molecule has 1 fully saturated rings. The van der Waals surface area contributed by atoms with Crippen molar-refractivity contribution in [2.45, 2.75) is 38.3 Å². The third-order valence-electron chi connectivity index (χ3n) is 4.73. The highest BCUT2D eigenvalue weighted by Crippen LogP contribution is 2.23. The Bertz CT molecular complexity index is 927. The Morgan fingerprint density at radius 3 is 2.74 bits per heavy atom. The van der Waals surface area contributed by atoms with Gasteiger partial charge in [-0.25, -0.2) is 9.97 Å². The molecule has 2 atom stereocenters. The van der Waals surface area contributed by atoms with Crippen molar-refractivity contribution in [3.05, 3.63) is 54.3 Å². The van der Waals surface area contributed by atoms with Gasteiger partial charge in [-0.15, -0.1) is 0 Å². The molecule has 4 rings (SSSR count). The van der Waals surface area contributed by atoms with Crippen molar-refractivity contribution >= 4 is 11.9 Å². The van der Waals surface area contributed by atoms with Crippen molar-refractivity contribution in [1.29, 1.82) is 0 Å². The normalized spacial score (nSPS) is 19.0. The zero-order chi connectivity index (χ0) is 18.6. The Morgan fingerprint density at radius 2 is 1.96 bits per heavy atom. The molecule has 0 unspecified atom stereocenters. The van der Waals surface area contributed by atoms with Crippen LogP contribution in [0.15, 0.2) is 47.5 Å². The van der Waals surface area contributed by atoms with Crippen LogP contribution in [0.4, 0.5) is 5.95 Å². The fourth-order valence-electron chi connectivity index (χ4n) is 3.32. The second-order valence-electron chi connectivity index (χ2n) is 6.62. The molecule has 138 valence electrons. The van der Waals surface area contributed by atoms with Crippen molar-refractivity contribution < 1.29 is 9.32 Å². The van der Waals surface area contributed by atoms with Crippen molar-refractivity contribution in [1.82, 2.24) is 25.4 Å². The van der Waals surface area contributed by atoms with Gasteiger partial charge in [0.05, 0.1) is 11.9 Å². The first-order valence-electron chi connectivity index (χ1n) is 8.91. The average Bonchev–Trinajstić information content (AvgIpc) is 3.31. The van der Waals surface area contributed by atoms with Crippen LogP contribution in [0.5, 0.6) is 0 Å². The lowest BCUT2D eigenvalue weighted by Crippen LogP contribution is -2.34. The molecule has 1 amide bonds. The number of hydrogen-bond acceptors (Lipinski definition) is 7. The quantitative estimate of drug-likeness (QED) is 0.717. The lowest BCUT2D eigenvalue weighted by molar-refractivity contribution is 0.0936. The topological polar surface area (TPSA) is 106 Å². The minimum absolute atomic E-state index is 0.104. The van der Waals surface area contributed by atoms with Gasteiger partial charge in [0.1, 0.15) is 11.3 Å². The maximum atomic E-state index is 12.3. The molecule has 1 saturated carbocycles. The van der Waals surface area contributed by atoms with E-state index in [9.17, 15) is 4.79 Å². The summed E-state index contributed by atoms with van der Waals surface area (Å²) in [4.78, 5) is 25.2. The summed E-state index contributed by atoms with van der Waals surface area (Å²) in [6, 6.07) is 6.03. The Hall–Kier alpha value is -3.29. The number of aromatic nitrogens is 4. The van der Waals surface area contributed by atoms with Gasteiger partial charge in [-0.05, 0) is 44.4 Å². The van der Waals surface area contributed by atoms with Gasteiger partial charge in [-0.1, -0.05) is 5.16 Å². The number of rotatable bonds is 5. The summed E-state index contributed by atoms with van der Waals surface area (Å²) >= 11 is 0. The monoisotopic (exact) mass is 364 g/mol. The summed E-state index contributed by atoms with van der Waals surface area (Å²) in [5, 5.41) is 10.1. The molecule has 2 N–H and O–H groups in total. The van der Waals surface area contributed by atoms with Crippen LogP contribution in [0.25, 0.3) is 11.3 Å². The molecule has 0 saturated heterocycles. The molecule has 0 aliphatic heterocycles. The van der Waals surface area contributed by atoms with E-state index in [-0.39, 0.29) is 18.0 Å². The molecule has 27 heavy (non-hydrogen) atoms. The highest BCUT2D eigenvalue weighted by Gasteiger charge is 2.27. The Kier molecular flexibility index (Phi) is 4.78. The molecule has 0 spiro atoms. The van der Waals surface area contributed by atoms with Crippen LogP contribution in [-0.4, -0.2) is 38.1 Å². The second-order valence-corrected chi connectivity index (χ2v) is 6.62. The molecular formula is C19H20N6O2. The van der Waals surface area contributed by atoms with Gasteiger partial charge >= 0.3 is 0 Å². The summed E-state index contributed by atoms with van der Waals surface area (Å²) in [6.45, 7) is 1.73. The maximum absolute atomic E-state index is 12.3. The minimum atomic E-state index is -0.143. The van der Waals surface area contributed by atoms with Gasteiger partial charge in [-0.2, -0.15) is 0 Å². The SMILES string of the molecule is Cc1oncc1C(=O)N[C@H]1CC[C@H](Nc2nccc(-c3ccncc3)n2)C1. The van der Waals surface area contributed by atoms with Gasteiger partial charge in [0.15, 0.2) is 0 Å². The van der Waals surface area contributed by atoms with E-state index in [1.165, 1.54) is 6.20 Å². The summed E-state index contributed by atoms with van der Waals surface area (Å²) in [7, 11) is 0. The minimum Gasteiger partial charge on any atom is -0.361 e. The number of nitrogens with zero attached hydrogens (tertiary/aromatic N) is 4. The molecule has 3 aromatic rings. The van der Waals surface area contributed by atoms with Gasteiger partial charge in [0, 0.05) is 36.2 Å². The maximum Gasteiger partial charge on any atom is 0.256 e. The number of anilines is 1. The fourth-order valence-corrected chi connectivity index (χ4v) is 3.32. The molecule has 3 heterocycles. The molecule has 1 aliphatic rings. The second kappa shape index (κ2) is 7.53. The summed E-state index contributed by atoms with van der Waals surface area (Å²) in [6.07, 6.45) is 9.34. The average molecular weight is 364 g/mol. The summed E-state index contributed by atoms with van der Waals surface area (Å²) in [5.41, 5.74) is 2.33. The van der Waals surface area contributed by atoms with Crippen molar-refractivity contribution in [3.8, 4) is 11.3 Å². The smallest absolute Gasteiger partial charge is 0.256 e. The van der Waals surface area contributed by atoms with Gasteiger partial charge in [0.25, 0.3) is 5.91 Å². The van der Waals surface area contributed by atoms with Crippen molar-refractivity contribution in [2.75, 3.05) is 5.32 Å². The van der Waals surface area contributed by atoms with Crippen LogP contribution in [-0.2, 0) is 0 Å². The first kappa shape index (κ1) is 17.1. The fraction of sp³-hybridized carbons (Fsp3) is 0.316. The van der Waals surface area contributed by atoms with Crippen LogP contribution < -0.4 is 10.6 Å². The Labute approximate surface area is 156 Å². The van der Waals surface area contributed by atoms with E-state index < -0.39 is 0 Å². The third kappa shape index (κ3) is 3.94. The number of carbonyl (C=O) groups is 1. The number of aryl methyl sites for hydroxylation is 1. The van der Waals surface area contributed by atoms with E-state index in [4.69, 9.17) is 4.52 Å². The first-order chi connectivity index (χ1) is 13.2. The summed E-state index contributed by atoms with van der Waals surface area (Å²) in [5.74, 6) is 0.980. The van der Waals surface area contributed by atoms with Crippen LogP contribution in [0.2, 0.25) is 0 Å². The van der Waals surface area contributed by atoms with E-state index in [0.717, 1.165) is 30.5 Å². The van der Waals surface area contributed by atoms with Crippen LogP contribution in [0, 0.1) is 6.92 Å². The van der Waals surface area contributed by atoms with Gasteiger partial charge in [-0.3, -0.25) is 9.78 Å². The number of amides is 1. The van der Waals surface area contributed by atoms with Gasteiger partial charge < -0.3 is 15.2 Å². The lowest BCUT2D eigenvalue weighted by Gasteiger charge is -2.15. The van der Waals surface area contributed by atoms with E-state index in [0.29, 0.717) is 17.3 Å². The molecular weight excluding hydrogens is 344 g/mol. The van der Waals surface area contributed by atoms with E-state index >= 15 is 0 Å². The number of pyridine rings is 1. The zero-order valence-electron chi connectivity index (χ0n) is 14.9. The number of nitrogens with one attached hydrogen (secondary N) is 2. The van der Waals surface area contributed by atoms with Crippen molar-refractivity contribution in [3.63, 3.8) is 0 Å². The van der Waals surface area contributed by atoms with Gasteiger partial charge in [0.2, 0.25) is 5.95 Å². The largest absolute Gasteiger partial charge is 0.361 e. The molecule has 3 aromatic heterocycles. The molecule has 0 radical (unpaired) electrons. The van der Waals surface area contributed by atoms with Crippen LogP contribution in [0.3, 0.4) is 0 Å². The van der Waals surface area contributed by atoms with Crippen LogP contribution >= 0.6 is 0 Å². The zero-order valence-corrected chi connectivity index (χ0v) is 14.9. The number of hydrogen-bond donors (Lipinski definition) is 2. The Morgan fingerprint density at radius 1 is 1.15 bits per heavy atom.